The molecule has 0 saturated heterocycles. The summed E-state index contributed by atoms with van der Waals surface area (Å²) in [6.07, 6.45) is 0. The Kier molecular flexibility index (Phi) is 5.87. The summed E-state index contributed by atoms with van der Waals surface area (Å²) in [6, 6.07) is 37.0. The number of para-hydroxylation sites is 1. The van der Waals surface area contributed by atoms with Crippen LogP contribution in [0.2, 0.25) is 0 Å². The zero-order chi connectivity index (χ0) is 29.3. The molecule has 1 aliphatic heterocycles. The van der Waals surface area contributed by atoms with Gasteiger partial charge in [0.2, 0.25) is 5.88 Å². The fourth-order valence-corrected chi connectivity index (χ4v) is 9.72. The van der Waals surface area contributed by atoms with Crippen LogP contribution in [-0.2, 0) is 16.4 Å². The molecule has 2 heterocycles. The number of hydrogen-bond donors (Lipinski definition) is 1. The number of fused-ring (bicyclic) bond motifs is 4. The molecule has 0 amide bonds. The minimum absolute atomic E-state index is 0.137. The lowest BCUT2D eigenvalue weighted by Gasteiger charge is -2.55. The first-order chi connectivity index (χ1) is 20.1. The highest BCUT2D eigenvalue weighted by Crippen LogP contribution is 2.72. The lowest BCUT2D eigenvalue weighted by Crippen LogP contribution is -2.61. The van der Waals surface area contributed by atoms with E-state index in [4.69, 9.17) is 9.73 Å². The number of aromatic hydroxyl groups is 1. The molecule has 5 heteroatoms. The van der Waals surface area contributed by atoms with E-state index in [1.165, 1.54) is 16.7 Å². The van der Waals surface area contributed by atoms with Gasteiger partial charge in [-0.15, -0.1) is 0 Å². The monoisotopic (exact) mass is 570 g/mol. The lowest BCUT2D eigenvalue weighted by molar-refractivity contribution is 0.182. The van der Waals surface area contributed by atoms with Crippen LogP contribution >= 0.6 is 11.8 Å². The Hall–Kier alpha value is -4.09. The summed E-state index contributed by atoms with van der Waals surface area (Å²) < 4.78 is 5.93. The van der Waals surface area contributed by atoms with Crippen molar-refractivity contribution in [1.29, 1.82) is 0 Å². The summed E-state index contributed by atoms with van der Waals surface area (Å²) >= 11 is 1.91. The van der Waals surface area contributed by atoms with E-state index in [2.05, 4.69) is 106 Å². The van der Waals surface area contributed by atoms with Crippen molar-refractivity contribution in [2.75, 3.05) is 0 Å². The van der Waals surface area contributed by atoms with E-state index < -0.39 is 5.54 Å². The third kappa shape index (κ3) is 3.56. The Balaban J connectivity index is 1.33. The number of thioether (sulfide) groups is 1. The number of benzene rings is 4. The molecule has 0 spiro atoms. The van der Waals surface area contributed by atoms with E-state index in [-0.39, 0.29) is 21.3 Å². The van der Waals surface area contributed by atoms with Gasteiger partial charge in [-0.3, -0.25) is 4.99 Å². The average molecular weight is 571 g/mol. The quantitative estimate of drug-likeness (QED) is 0.229. The molecule has 7 rings (SSSR count). The summed E-state index contributed by atoms with van der Waals surface area (Å²) in [5.74, 6) is 1.25. The molecular weight excluding hydrogens is 536 g/mol. The normalized spacial score (nSPS) is 22.5. The van der Waals surface area contributed by atoms with Crippen LogP contribution < -0.4 is 4.74 Å². The molecule has 0 fully saturated rings. The smallest absolute Gasteiger partial charge is 0.219 e. The fraction of sp³-hybridized carbons (Fsp3) is 0.243. The number of ether oxygens (including phenoxy) is 1. The summed E-state index contributed by atoms with van der Waals surface area (Å²) in [6.45, 7) is 11.9. The van der Waals surface area contributed by atoms with Crippen molar-refractivity contribution in [1.82, 2.24) is 4.98 Å². The predicted molar refractivity (Wildman–Crippen MR) is 173 cm³/mol. The Bertz CT molecular complexity index is 1880. The molecule has 4 nitrogen and oxygen atoms in total. The van der Waals surface area contributed by atoms with E-state index in [0.29, 0.717) is 17.1 Å². The molecule has 1 aliphatic carbocycles. The van der Waals surface area contributed by atoms with Gasteiger partial charge in [0.25, 0.3) is 0 Å². The molecular formula is C37H34N2O2S. The number of phenols is 1. The zero-order valence-corrected chi connectivity index (χ0v) is 25.4. The summed E-state index contributed by atoms with van der Waals surface area (Å²) in [5, 5.41) is 12.2. The number of hydrogen-bond acceptors (Lipinski definition) is 5. The van der Waals surface area contributed by atoms with Crippen LogP contribution in [0.1, 0.15) is 56.9 Å². The van der Waals surface area contributed by atoms with E-state index in [0.717, 1.165) is 16.0 Å². The topological polar surface area (TPSA) is 54.7 Å². The lowest BCUT2D eigenvalue weighted by atomic mass is 9.57. The highest BCUT2D eigenvalue weighted by molar-refractivity contribution is 8.16. The molecule has 0 unspecified atom stereocenters. The first-order valence-corrected chi connectivity index (χ1v) is 15.2. The first kappa shape index (κ1) is 26.8. The summed E-state index contributed by atoms with van der Waals surface area (Å²) in [5.41, 5.74) is 4.65. The Labute approximate surface area is 251 Å². The van der Waals surface area contributed by atoms with Crippen LogP contribution in [-0.4, -0.2) is 19.9 Å². The van der Waals surface area contributed by atoms with Gasteiger partial charge in [-0.25, -0.2) is 4.98 Å². The first-order valence-electron chi connectivity index (χ1n) is 14.4. The van der Waals surface area contributed by atoms with E-state index >= 15 is 0 Å². The van der Waals surface area contributed by atoms with Crippen LogP contribution in [0, 0.1) is 0 Å². The number of phenolic OH excluding ortho intramolecular Hbond substituents is 1. The molecule has 0 radical (unpaired) electrons. The second-order valence-electron chi connectivity index (χ2n) is 12.6. The minimum Gasteiger partial charge on any atom is -0.506 e. The predicted octanol–water partition coefficient (Wildman–Crippen LogP) is 9.15. The highest BCUT2D eigenvalue weighted by Gasteiger charge is 2.74. The fourth-order valence-electron chi connectivity index (χ4n) is 7.86. The molecule has 0 saturated carbocycles. The van der Waals surface area contributed by atoms with Crippen LogP contribution in [0.3, 0.4) is 0 Å². The van der Waals surface area contributed by atoms with Gasteiger partial charge in [0.05, 0.1) is 9.79 Å². The van der Waals surface area contributed by atoms with Gasteiger partial charge < -0.3 is 9.84 Å². The number of nitrogens with zero attached hydrogens (tertiary/aromatic N) is 2. The van der Waals surface area contributed by atoms with Crippen molar-refractivity contribution in [3.8, 4) is 17.4 Å². The average Bonchev–Trinajstić information content (AvgIpc) is 3.41. The van der Waals surface area contributed by atoms with Crippen LogP contribution in [0.5, 0.6) is 17.4 Å². The Morgan fingerprint density at radius 2 is 1.48 bits per heavy atom. The van der Waals surface area contributed by atoms with Gasteiger partial charge in [-0.1, -0.05) is 118 Å². The third-order valence-corrected chi connectivity index (χ3v) is 11.9. The molecule has 2 aliphatic rings. The second-order valence-corrected chi connectivity index (χ2v) is 13.8. The zero-order valence-electron chi connectivity index (χ0n) is 24.6. The van der Waals surface area contributed by atoms with Gasteiger partial charge >= 0.3 is 0 Å². The van der Waals surface area contributed by atoms with Crippen molar-refractivity contribution in [2.24, 2.45) is 4.99 Å². The molecule has 2 atom stereocenters. The Morgan fingerprint density at radius 1 is 0.762 bits per heavy atom. The summed E-state index contributed by atoms with van der Waals surface area (Å²) in [4.78, 5) is 10.2. The van der Waals surface area contributed by atoms with Crippen molar-refractivity contribution in [2.45, 2.75) is 55.7 Å². The molecule has 210 valence electrons. The van der Waals surface area contributed by atoms with E-state index in [1.807, 2.05) is 48.2 Å². The van der Waals surface area contributed by atoms with Crippen molar-refractivity contribution >= 4 is 27.7 Å². The molecule has 1 aromatic heterocycles. The van der Waals surface area contributed by atoms with Gasteiger partial charge in [-0.2, -0.15) is 0 Å². The van der Waals surface area contributed by atoms with Gasteiger partial charge in [0.1, 0.15) is 22.6 Å². The second kappa shape index (κ2) is 9.20. The third-order valence-electron chi connectivity index (χ3n) is 9.62. The number of pyridine rings is 1. The molecule has 1 N–H and O–H groups in total. The largest absolute Gasteiger partial charge is 0.506 e. The standard InChI is InChI=1S/C37H34N2O2S/c1-34(2,26-15-7-6-8-16-26)37-35(3,4)28-18-9-10-19-29(28)36(37,5)39-33(42-37)25-14-11-17-27(23-25)41-31-22-21-24-13-12-20-30(40)32(24)38-31/h6-23,40H,1-5H3/t36-,37+/m0/s1. The van der Waals surface area contributed by atoms with Crippen LogP contribution in [0.4, 0.5) is 0 Å². The molecule has 42 heavy (non-hydrogen) atoms. The maximum atomic E-state index is 10.3. The van der Waals surface area contributed by atoms with Crippen LogP contribution in [0.25, 0.3) is 10.9 Å². The molecule has 5 aromatic rings. The maximum absolute atomic E-state index is 10.3. The SMILES string of the molecule is CC(C)(c1ccccc1)[C@]12SC(c3cccc(Oc4ccc5cccc(O)c5n4)c3)=N[C@@]1(C)c1ccccc1C2(C)C. The number of aromatic nitrogens is 1. The maximum Gasteiger partial charge on any atom is 0.219 e. The van der Waals surface area contributed by atoms with Crippen molar-refractivity contribution in [3.63, 3.8) is 0 Å². The minimum atomic E-state index is -0.458. The number of aliphatic imine (C=N–C) groups is 1. The molecule has 4 aromatic carbocycles. The van der Waals surface area contributed by atoms with Crippen LogP contribution in [0.15, 0.2) is 114 Å². The molecule has 0 bridgehead atoms. The Morgan fingerprint density at radius 3 is 2.26 bits per heavy atom. The van der Waals surface area contributed by atoms with Gasteiger partial charge in [-0.05, 0) is 47.9 Å². The highest BCUT2D eigenvalue weighted by atomic mass is 32.2. The van der Waals surface area contributed by atoms with Crippen molar-refractivity contribution in [3.05, 3.63) is 131 Å². The van der Waals surface area contributed by atoms with Gasteiger partial charge in [0.15, 0.2) is 0 Å². The van der Waals surface area contributed by atoms with E-state index in [1.54, 1.807) is 6.07 Å². The van der Waals surface area contributed by atoms with E-state index in [9.17, 15) is 5.11 Å². The van der Waals surface area contributed by atoms with Gasteiger partial charge in [0, 0.05) is 27.8 Å². The summed E-state index contributed by atoms with van der Waals surface area (Å²) in [7, 11) is 0. The van der Waals surface area contributed by atoms with Crippen molar-refractivity contribution < 1.29 is 9.84 Å². The number of rotatable bonds is 5.